The van der Waals surface area contributed by atoms with Crippen molar-refractivity contribution >= 4 is 51.5 Å². The molecule has 0 saturated heterocycles. The molecule has 0 spiro atoms. The van der Waals surface area contributed by atoms with E-state index in [0.29, 0.717) is 57.9 Å². The number of thiazole rings is 1. The van der Waals surface area contributed by atoms with Crippen LogP contribution >= 0.6 is 34.5 Å². The molecule has 37 heavy (non-hydrogen) atoms. The van der Waals surface area contributed by atoms with Gasteiger partial charge in [-0.1, -0.05) is 34.5 Å². The van der Waals surface area contributed by atoms with Crippen molar-refractivity contribution in [3.63, 3.8) is 0 Å². The Morgan fingerprint density at radius 2 is 1.95 bits per heavy atom. The van der Waals surface area contributed by atoms with Crippen LogP contribution in [0.4, 0.5) is 5.13 Å². The van der Waals surface area contributed by atoms with Crippen LogP contribution in [0.15, 0.2) is 30.7 Å². The van der Waals surface area contributed by atoms with Gasteiger partial charge in [0.25, 0.3) is 11.8 Å². The van der Waals surface area contributed by atoms with Gasteiger partial charge in [-0.3, -0.25) is 24.6 Å². The lowest BCUT2D eigenvalue weighted by atomic mass is 10.0. The summed E-state index contributed by atoms with van der Waals surface area (Å²) in [5.74, 6) is -0.108. The second-order valence-corrected chi connectivity index (χ2v) is 10.1. The summed E-state index contributed by atoms with van der Waals surface area (Å²) >= 11 is 13.7. The first-order valence-corrected chi connectivity index (χ1v) is 12.8. The highest BCUT2D eigenvalue weighted by molar-refractivity contribution is 7.16. The van der Waals surface area contributed by atoms with Crippen LogP contribution in [0.5, 0.6) is 5.75 Å². The molecule has 0 bridgehead atoms. The molecule has 10 nitrogen and oxygen atoms in total. The molecule has 5 heterocycles. The standard InChI is InChI=1S/C24H21Cl2N7O3S/c1-4-33-21(16(25)8-29-33)23(35)32-10-17-19(11-32)37-24(30-17)31-22(34)15-7-27-12(2)5-13(15)14-6-20(26)28-9-18(14)36-3/h5-9H,4,10-11H2,1-3H3,(H,30,31,34). The average Bonchev–Trinajstić information content (AvgIpc) is 3.56. The minimum atomic E-state index is -0.378. The largest absolute Gasteiger partial charge is 0.494 e. The molecule has 0 saturated carbocycles. The highest BCUT2D eigenvalue weighted by atomic mass is 35.5. The van der Waals surface area contributed by atoms with E-state index in [9.17, 15) is 9.59 Å². The number of hydrogen-bond donors (Lipinski definition) is 1. The maximum absolute atomic E-state index is 13.3. The smallest absolute Gasteiger partial charge is 0.274 e. The Bertz CT molecular complexity index is 1510. The predicted octanol–water partition coefficient (Wildman–Crippen LogP) is 4.85. The summed E-state index contributed by atoms with van der Waals surface area (Å²) in [6.07, 6.45) is 4.49. The van der Waals surface area contributed by atoms with Crippen LogP contribution in [0.3, 0.4) is 0 Å². The van der Waals surface area contributed by atoms with E-state index in [0.717, 1.165) is 16.3 Å². The van der Waals surface area contributed by atoms with Gasteiger partial charge in [0.05, 0.1) is 53.8 Å². The fourth-order valence-corrected chi connectivity index (χ4v) is 5.48. The molecule has 0 aliphatic carbocycles. The van der Waals surface area contributed by atoms with Crippen molar-refractivity contribution in [2.75, 3.05) is 12.4 Å². The lowest BCUT2D eigenvalue weighted by Crippen LogP contribution is -2.28. The Labute approximate surface area is 226 Å². The maximum atomic E-state index is 13.3. The van der Waals surface area contributed by atoms with E-state index in [-0.39, 0.29) is 17.0 Å². The summed E-state index contributed by atoms with van der Waals surface area (Å²) in [5, 5.41) is 8.04. The number of aromatic nitrogens is 5. The number of nitrogens with zero attached hydrogens (tertiary/aromatic N) is 6. The van der Waals surface area contributed by atoms with Gasteiger partial charge in [0, 0.05) is 29.6 Å². The van der Waals surface area contributed by atoms with Gasteiger partial charge in [-0.2, -0.15) is 5.10 Å². The molecule has 0 atom stereocenters. The first kappa shape index (κ1) is 25.1. The monoisotopic (exact) mass is 557 g/mol. The van der Waals surface area contributed by atoms with Gasteiger partial charge in [-0.05, 0) is 26.0 Å². The summed E-state index contributed by atoms with van der Waals surface area (Å²) in [6.45, 7) is 4.95. The van der Waals surface area contributed by atoms with Gasteiger partial charge in [-0.25, -0.2) is 9.97 Å². The molecule has 0 radical (unpaired) electrons. The number of carbonyl (C=O) groups excluding carboxylic acids is 2. The normalized spacial score (nSPS) is 12.5. The van der Waals surface area contributed by atoms with Gasteiger partial charge in [0.2, 0.25) is 0 Å². The van der Waals surface area contributed by atoms with Crippen LogP contribution in [0.25, 0.3) is 11.1 Å². The van der Waals surface area contributed by atoms with Gasteiger partial charge in [0.15, 0.2) is 5.13 Å². The lowest BCUT2D eigenvalue weighted by Gasteiger charge is -2.16. The number of pyridine rings is 2. The van der Waals surface area contributed by atoms with Crippen molar-refractivity contribution in [2.24, 2.45) is 0 Å². The fraction of sp³-hybridized carbons (Fsp3) is 0.250. The van der Waals surface area contributed by atoms with Crippen LogP contribution < -0.4 is 10.1 Å². The Morgan fingerprint density at radius 3 is 2.68 bits per heavy atom. The summed E-state index contributed by atoms with van der Waals surface area (Å²) in [5.41, 5.74) is 3.39. The van der Waals surface area contributed by atoms with E-state index < -0.39 is 0 Å². The van der Waals surface area contributed by atoms with E-state index in [1.54, 1.807) is 21.7 Å². The topological polar surface area (TPSA) is 115 Å². The summed E-state index contributed by atoms with van der Waals surface area (Å²) in [7, 11) is 1.53. The van der Waals surface area contributed by atoms with Crippen molar-refractivity contribution in [2.45, 2.75) is 33.5 Å². The van der Waals surface area contributed by atoms with Gasteiger partial charge >= 0.3 is 0 Å². The van der Waals surface area contributed by atoms with Crippen molar-refractivity contribution in [3.05, 3.63) is 68.4 Å². The minimum Gasteiger partial charge on any atom is -0.494 e. The molecule has 2 amide bonds. The van der Waals surface area contributed by atoms with E-state index >= 15 is 0 Å². The Morgan fingerprint density at radius 1 is 1.14 bits per heavy atom. The molecule has 13 heteroatoms. The molecular weight excluding hydrogens is 537 g/mol. The number of aryl methyl sites for hydroxylation is 2. The highest BCUT2D eigenvalue weighted by Crippen LogP contribution is 2.36. The molecular formula is C24H21Cl2N7O3S. The molecule has 5 rings (SSSR count). The SMILES string of the molecule is CCn1ncc(Cl)c1C(=O)N1Cc2nc(NC(=O)c3cnc(C)cc3-c3cc(Cl)ncc3OC)sc2C1. The van der Waals surface area contributed by atoms with Gasteiger partial charge < -0.3 is 9.64 Å². The van der Waals surface area contributed by atoms with Crippen LogP contribution in [0, 0.1) is 6.92 Å². The van der Waals surface area contributed by atoms with Crippen molar-refractivity contribution in [1.29, 1.82) is 0 Å². The van der Waals surface area contributed by atoms with Crippen molar-refractivity contribution in [3.8, 4) is 16.9 Å². The Kier molecular flexibility index (Phi) is 6.84. The molecule has 4 aromatic rings. The molecule has 0 unspecified atom stereocenters. The number of halogens is 2. The third kappa shape index (κ3) is 4.77. The van der Waals surface area contributed by atoms with Gasteiger partial charge in [0.1, 0.15) is 16.6 Å². The molecule has 1 aliphatic heterocycles. The number of ether oxygens (including phenoxy) is 1. The zero-order valence-electron chi connectivity index (χ0n) is 20.1. The van der Waals surface area contributed by atoms with E-state index in [4.69, 9.17) is 27.9 Å². The number of anilines is 1. The highest BCUT2D eigenvalue weighted by Gasteiger charge is 2.31. The van der Waals surface area contributed by atoms with Crippen LogP contribution in [-0.2, 0) is 19.6 Å². The fourth-order valence-electron chi connectivity index (χ4n) is 4.12. The maximum Gasteiger partial charge on any atom is 0.274 e. The number of methoxy groups -OCH3 is 1. The van der Waals surface area contributed by atoms with Crippen molar-refractivity contribution in [1.82, 2.24) is 29.6 Å². The van der Waals surface area contributed by atoms with E-state index in [1.165, 1.54) is 37.0 Å². The number of nitrogens with one attached hydrogen (secondary N) is 1. The Balaban J connectivity index is 1.36. The molecule has 0 aromatic carbocycles. The summed E-state index contributed by atoms with van der Waals surface area (Å²) in [4.78, 5) is 41.8. The number of fused-ring (bicyclic) bond motifs is 1. The molecule has 1 N–H and O–H groups in total. The summed E-state index contributed by atoms with van der Waals surface area (Å²) in [6, 6.07) is 3.44. The average molecular weight is 558 g/mol. The molecule has 0 fully saturated rings. The second-order valence-electron chi connectivity index (χ2n) is 8.24. The third-order valence-corrected chi connectivity index (χ3v) is 7.37. The predicted molar refractivity (Wildman–Crippen MR) is 140 cm³/mol. The third-order valence-electron chi connectivity index (χ3n) is 5.89. The minimum absolute atomic E-state index is 0.208. The van der Waals surface area contributed by atoms with E-state index in [2.05, 4.69) is 25.4 Å². The molecule has 190 valence electrons. The van der Waals surface area contributed by atoms with Crippen molar-refractivity contribution < 1.29 is 14.3 Å². The molecule has 1 aliphatic rings. The quantitative estimate of drug-likeness (QED) is 0.337. The number of rotatable bonds is 6. The van der Waals surface area contributed by atoms with Crippen LogP contribution in [-0.4, -0.2) is 48.6 Å². The second kappa shape index (κ2) is 10.1. The van der Waals surface area contributed by atoms with E-state index in [1.807, 2.05) is 13.8 Å². The lowest BCUT2D eigenvalue weighted by molar-refractivity contribution is 0.0738. The number of hydrogen-bond acceptors (Lipinski definition) is 8. The first-order valence-electron chi connectivity index (χ1n) is 11.3. The molecule has 4 aromatic heterocycles. The van der Waals surface area contributed by atoms with Gasteiger partial charge in [-0.15, -0.1) is 0 Å². The Hall–Kier alpha value is -3.54. The number of amides is 2. The first-order chi connectivity index (χ1) is 17.8. The van der Waals surface area contributed by atoms with Crippen LogP contribution in [0.1, 0.15) is 44.0 Å². The zero-order chi connectivity index (χ0) is 26.3. The summed E-state index contributed by atoms with van der Waals surface area (Å²) < 4.78 is 7.02. The number of carbonyl (C=O) groups is 2. The zero-order valence-corrected chi connectivity index (χ0v) is 22.4. The van der Waals surface area contributed by atoms with Crippen LogP contribution in [0.2, 0.25) is 10.2 Å².